The fourth-order valence-electron chi connectivity index (χ4n) is 0. The summed E-state index contributed by atoms with van der Waals surface area (Å²) in [7, 11) is 0. The summed E-state index contributed by atoms with van der Waals surface area (Å²) in [6.07, 6.45) is 1.76. The van der Waals surface area contributed by atoms with E-state index in [1.165, 1.54) is 0 Å². The fraction of sp³-hybridized carbons (Fsp3) is 0.333. The Labute approximate surface area is 34.7 Å². The predicted octanol–water partition coefficient (Wildman–Crippen LogP) is 1.14. The van der Waals surface area contributed by atoms with Crippen LogP contribution in [-0.4, -0.2) is 0 Å². The Bertz CT molecular complexity index is 17.2. The molecule has 0 radical (unpaired) electrons. The quantitative estimate of drug-likeness (QED) is 0.340. The molecule has 0 heterocycles. The van der Waals surface area contributed by atoms with Gasteiger partial charge >= 0.3 is 34.0 Å². The van der Waals surface area contributed by atoms with Gasteiger partial charge in [0.25, 0.3) is 0 Å². The van der Waals surface area contributed by atoms with E-state index in [1.54, 1.807) is 6.08 Å². The van der Waals surface area contributed by atoms with Crippen LogP contribution in [0.3, 0.4) is 0 Å². The van der Waals surface area contributed by atoms with Crippen LogP contribution in [0.25, 0.3) is 0 Å². The molecule has 0 aromatic rings. The Balaban J connectivity index is 2.30. The summed E-state index contributed by atoms with van der Waals surface area (Å²) in [6, 6.07) is 0. The molecule has 0 aliphatic carbocycles. The maximum atomic E-state index is 3.49. The molecule has 0 N–H and O–H groups in total. The fourth-order valence-corrected chi connectivity index (χ4v) is 0. The van der Waals surface area contributed by atoms with Crippen molar-refractivity contribution in [3.63, 3.8) is 0 Å². The van der Waals surface area contributed by atoms with E-state index >= 15 is 0 Å². The van der Waals surface area contributed by atoms with Crippen LogP contribution >= 0.6 is 0 Å². The number of allylic oxidation sites excluding steroid dienone is 1. The summed E-state index contributed by atoms with van der Waals surface area (Å²) < 4.78 is 0. The molecular weight excluding hydrogens is 91.9 g/mol. The first-order valence-corrected chi connectivity index (χ1v) is 1.85. The van der Waals surface area contributed by atoms with E-state index in [4.69, 9.17) is 0 Å². The number of rotatable bonds is 1. The van der Waals surface area contributed by atoms with Crippen molar-refractivity contribution in [3.8, 4) is 0 Å². The maximum absolute atomic E-state index is 3.49. The molecular formula is C3H5Fe. The second-order valence-electron chi connectivity index (χ2n) is 0.433. The van der Waals surface area contributed by atoms with Crippen LogP contribution in [0.5, 0.6) is 0 Å². The zero-order chi connectivity index (χ0) is 3.41. The van der Waals surface area contributed by atoms with Gasteiger partial charge < -0.3 is 0 Å². The average Bonchev–Trinajstić information content (AvgIpc) is 1.37. The predicted molar refractivity (Wildman–Crippen MR) is 15.0 cm³/mol. The minimum absolute atomic E-state index is 0.833. The Morgan fingerprint density at radius 1 is 2.00 bits per heavy atom. The molecule has 0 saturated carbocycles. The Hall–Kier alpha value is 0.259. The molecule has 0 atom stereocenters. The van der Waals surface area contributed by atoms with Crippen molar-refractivity contribution < 1.29 is 16.0 Å². The summed E-state index contributed by atoms with van der Waals surface area (Å²) in [4.78, 5) is 0. The van der Waals surface area contributed by atoms with Gasteiger partial charge in [0.15, 0.2) is 0 Å². The first-order valence-electron chi connectivity index (χ1n) is 1.07. The van der Waals surface area contributed by atoms with E-state index in [2.05, 4.69) is 22.6 Å². The van der Waals surface area contributed by atoms with E-state index in [0.717, 1.165) is 5.32 Å². The Kier molecular flexibility index (Phi) is 3.47. The third kappa shape index (κ3) is 2.26. The molecule has 0 fully saturated rings. The van der Waals surface area contributed by atoms with Gasteiger partial charge in [0.05, 0.1) is 0 Å². The topological polar surface area (TPSA) is 0 Å². The van der Waals surface area contributed by atoms with Gasteiger partial charge in [-0.15, -0.1) is 0 Å². The molecule has 0 aromatic heterocycles. The van der Waals surface area contributed by atoms with Gasteiger partial charge in [0.1, 0.15) is 0 Å². The Morgan fingerprint density at radius 3 is 2.25 bits per heavy atom. The van der Waals surface area contributed by atoms with E-state index in [1.807, 2.05) is 0 Å². The van der Waals surface area contributed by atoms with Crippen molar-refractivity contribution in [3.05, 3.63) is 12.7 Å². The van der Waals surface area contributed by atoms with E-state index in [0.29, 0.717) is 0 Å². The van der Waals surface area contributed by atoms with Crippen molar-refractivity contribution >= 4 is 0 Å². The van der Waals surface area contributed by atoms with Gasteiger partial charge in [-0.1, -0.05) is 0 Å². The molecule has 0 unspecified atom stereocenters. The van der Waals surface area contributed by atoms with Crippen LogP contribution < -0.4 is 0 Å². The summed E-state index contributed by atoms with van der Waals surface area (Å²) in [5, 5.41) is 0.833. The number of hydrogen-bond acceptors (Lipinski definition) is 0. The van der Waals surface area contributed by atoms with Crippen LogP contribution in [0.4, 0.5) is 0 Å². The van der Waals surface area contributed by atoms with Crippen molar-refractivity contribution in [2.75, 3.05) is 0 Å². The van der Waals surface area contributed by atoms with Gasteiger partial charge in [0, 0.05) is 0 Å². The molecule has 0 rings (SSSR count). The van der Waals surface area contributed by atoms with Crippen LogP contribution in [0, 0.1) is 0 Å². The van der Waals surface area contributed by atoms with E-state index in [9.17, 15) is 0 Å². The molecule has 0 saturated heterocycles. The summed E-state index contributed by atoms with van der Waals surface area (Å²) in [5.74, 6) is 0. The van der Waals surface area contributed by atoms with Gasteiger partial charge in [-0.3, -0.25) is 0 Å². The van der Waals surface area contributed by atoms with Gasteiger partial charge in [-0.05, 0) is 0 Å². The van der Waals surface area contributed by atoms with Crippen molar-refractivity contribution in [2.45, 2.75) is 5.32 Å². The monoisotopic (exact) mass is 97.0 g/mol. The Morgan fingerprint density at radius 2 is 2.25 bits per heavy atom. The van der Waals surface area contributed by atoms with Gasteiger partial charge in [-0.2, -0.15) is 0 Å². The third-order valence-corrected chi connectivity index (χ3v) is 0.421. The molecule has 1 heteroatoms. The van der Waals surface area contributed by atoms with Gasteiger partial charge in [-0.25, -0.2) is 0 Å². The molecule has 0 aliphatic heterocycles. The number of hydrogen-bond donors (Lipinski definition) is 0. The van der Waals surface area contributed by atoms with E-state index in [-0.39, 0.29) is 0 Å². The van der Waals surface area contributed by atoms with Crippen LogP contribution in [0.15, 0.2) is 12.7 Å². The average molecular weight is 96.9 g/mol. The molecule has 4 heavy (non-hydrogen) atoms. The standard InChI is InChI=1S/C3H5.Fe/c1-3-2;/h3H,1-2H2;. The zero-order valence-corrected chi connectivity index (χ0v) is 3.45. The van der Waals surface area contributed by atoms with Crippen LogP contribution in [0.2, 0.25) is 5.32 Å². The van der Waals surface area contributed by atoms with Crippen LogP contribution in [-0.2, 0) is 16.0 Å². The van der Waals surface area contributed by atoms with Gasteiger partial charge in [0.2, 0.25) is 0 Å². The van der Waals surface area contributed by atoms with Crippen molar-refractivity contribution in [2.24, 2.45) is 0 Å². The SMILES string of the molecule is C=C[CH2][Fe]. The second kappa shape index (κ2) is 3.26. The molecule has 0 spiro atoms. The van der Waals surface area contributed by atoms with Crippen LogP contribution in [0.1, 0.15) is 0 Å². The van der Waals surface area contributed by atoms with Crippen molar-refractivity contribution in [1.82, 2.24) is 0 Å². The minimum atomic E-state index is 0.833. The first kappa shape index (κ1) is 4.26. The molecule has 0 aliphatic rings. The summed E-state index contributed by atoms with van der Waals surface area (Å²) >= 11 is 3.49. The first-order chi connectivity index (χ1) is 1.91. The summed E-state index contributed by atoms with van der Waals surface area (Å²) in [5.41, 5.74) is 0. The molecule has 0 bridgehead atoms. The molecule has 0 amide bonds. The zero-order valence-electron chi connectivity index (χ0n) is 2.35. The van der Waals surface area contributed by atoms with Crippen molar-refractivity contribution in [1.29, 1.82) is 0 Å². The molecule has 25 valence electrons. The third-order valence-electron chi connectivity index (χ3n) is 0.102. The second-order valence-corrected chi connectivity index (χ2v) is 0.884. The van der Waals surface area contributed by atoms with E-state index < -0.39 is 0 Å². The normalized spacial score (nSPS) is 6.25. The molecule has 0 nitrogen and oxygen atoms in total. The summed E-state index contributed by atoms with van der Waals surface area (Å²) in [6.45, 7) is 3.42. The molecule has 0 aromatic carbocycles.